The van der Waals surface area contributed by atoms with Crippen molar-refractivity contribution in [3.63, 3.8) is 0 Å². The summed E-state index contributed by atoms with van der Waals surface area (Å²) in [4.78, 5) is 33.8. The van der Waals surface area contributed by atoms with Gasteiger partial charge >= 0.3 is 11.9 Å². The topological polar surface area (TPSA) is 117 Å². The van der Waals surface area contributed by atoms with Crippen LogP contribution in [0.5, 0.6) is 0 Å². The van der Waals surface area contributed by atoms with Gasteiger partial charge in [-0.25, -0.2) is 9.59 Å². The summed E-state index contributed by atoms with van der Waals surface area (Å²) in [7, 11) is 0. The highest BCUT2D eigenvalue weighted by atomic mass is 16.4. The van der Waals surface area contributed by atoms with Crippen molar-refractivity contribution in [1.29, 1.82) is 0 Å². The van der Waals surface area contributed by atoms with E-state index in [9.17, 15) is 4.79 Å². The van der Waals surface area contributed by atoms with E-state index in [4.69, 9.17) is 19.8 Å². The maximum Gasteiger partial charge on any atom is 0.414 e. The number of nitrogens with one attached hydrogen (secondary N) is 1. The Morgan fingerprint density at radius 1 is 0.955 bits per heavy atom. The Hall–Kier alpha value is -3.22. The number of carbonyl (C=O) groups excluding carboxylic acids is 1. The molecule has 0 radical (unpaired) electrons. The van der Waals surface area contributed by atoms with Gasteiger partial charge in [-0.15, -0.1) is 0 Å². The quantitative estimate of drug-likeness (QED) is 0.733. The van der Waals surface area contributed by atoms with Gasteiger partial charge in [0.2, 0.25) is 0 Å². The summed E-state index contributed by atoms with van der Waals surface area (Å²) in [6, 6.07) is 13.3. The lowest BCUT2D eigenvalue weighted by Gasteiger charge is -2.04. The van der Waals surface area contributed by atoms with Gasteiger partial charge in [-0.1, -0.05) is 30.3 Å². The van der Waals surface area contributed by atoms with E-state index in [-0.39, 0.29) is 5.91 Å². The number of nitrogens with zero attached hydrogens (tertiary/aromatic N) is 1. The summed E-state index contributed by atoms with van der Waals surface area (Å²) in [5.41, 5.74) is 1.66. The van der Waals surface area contributed by atoms with E-state index < -0.39 is 11.9 Å². The number of aromatic nitrogens is 1. The van der Waals surface area contributed by atoms with Gasteiger partial charge in [0.25, 0.3) is 5.91 Å². The zero-order valence-electron chi connectivity index (χ0n) is 11.5. The smallest absolute Gasteiger partial charge is 0.414 e. The molecule has 1 amide bonds. The fourth-order valence-electron chi connectivity index (χ4n) is 1.38. The molecular formula is C15H14N2O5. The molecule has 0 aliphatic carbocycles. The molecule has 2 aromatic rings. The fourth-order valence-corrected chi connectivity index (χ4v) is 1.38. The number of carbonyl (C=O) groups is 3. The average molecular weight is 302 g/mol. The first-order valence-corrected chi connectivity index (χ1v) is 6.19. The Morgan fingerprint density at radius 2 is 1.59 bits per heavy atom. The van der Waals surface area contributed by atoms with Gasteiger partial charge in [-0.2, -0.15) is 0 Å². The van der Waals surface area contributed by atoms with E-state index in [2.05, 4.69) is 10.3 Å². The average Bonchev–Trinajstić information content (AvgIpc) is 2.55. The Kier molecular flexibility index (Phi) is 6.77. The lowest BCUT2D eigenvalue weighted by atomic mass is 10.2. The molecule has 0 unspecified atom stereocenters. The Bertz CT molecular complexity index is 617. The van der Waals surface area contributed by atoms with Crippen LogP contribution in [0.25, 0.3) is 0 Å². The van der Waals surface area contributed by atoms with Crippen LogP contribution in [0, 0.1) is 0 Å². The maximum atomic E-state index is 11.7. The molecule has 1 aromatic heterocycles. The Morgan fingerprint density at radius 3 is 2.09 bits per heavy atom. The molecule has 7 nitrogen and oxygen atoms in total. The second-order valence-electron chi connectivity index (χ2n) is 4.02. The van der Waals surface area contributed by atoms with Crippen LogP contribution < -0.4 is 5.32 Å². The third-order valence-electron chi connectivity index (χ3n) is 2.40. The van der Waals surface area contributed by atoms with E-state index in [1.54, 1.807) is 24.5 Å². The number of carboxylic acid groups (broad SMARTS) is 2. The van der Waals surface area contributed by atoms with Crippen LogP contribution >= 0.6 is 0 Å². The minimum absolute atomic E-state index is 0.100. The number of benzene rings is 1. The van der Waals surface area contributed by atoms with Gasteiger partial charge < -0.3 is 15.5 Å². The van der Waals surface area contributed by atoms with E-state index in [1.807, 2.05) is 30.3 Å². The molecule has 0 aliphatic heterocycles. The van der Waals surface area contributed by atoms with Crippen molar-refractivity contribution in [2.24, 2.45) is 0 Å². The predicted octanol–water partition coefficient (Wildman–Crippen LogP) is 1.17. The number of aliphatic carboxylic acids is 2. The van der Waals surface area contributed by atoms with Crippen LogP contribution in [0.3, 0.4) is 0 Å². The number of hydrogen-bond donors (Lipinski definition) is 3. The molecule has 3 N–H and O–H groups in total. The minimum Gasteiger partial charge on any atom is -0.473 e. The third kappa shape index (κ3) is 6.29. The number of carboxylic acids is 2. The summed E-state index contributed by atoms with van der Waals surface area (Å²) in [5.74, 6) is -3.75. The second-order valence-corrected chi connectivity index (χ2v) is 4.02. The number of amides is 1. The number of pyridine rings is 1. The fraction of sp³-hybridized carbons (Fsp3) is 0.0667. The van der Waals surface area contributed by atoms with Crippen LogP contribution in [0.4, 0.5) is 0 Å². The molecule has 0 saturated carbocycles. The second kappa shape index (κ2) is 8.85. The summed E-state index contributed by atoms with van der Waals surface area (Å²) in [6.07, 6.45) is 3.20. The van der Waals surface area contributed by atoms with Crippen molar-refractivity contribution in [2.45, 2.75) is 6.54 Å². The molecule has 1 heterocycles. The largest absolute Gasteiger partial charge is 0.473 e. The van der Waals surface area contributed by atoms with Gasteiger partial charge in [0.1, 0.15) is 0 Å². The molecule has 1 aromatic carbocycles. The van der Waals surface area contributed by atoms with Gasteiger partial charge in [0.15, 0.2) is 0 Å². The predicted molar refractivity (Wildman–Crippen MR) is 77.1 cm³/mol. The Balaban J connectivity index is 0.000000346. The first-order chi connectivity index (χ1) is 10.5. The molecule has 0 atom stereocenters. The molecule has 0 bridgehead atoms. The number of rotatable bonds is 3. The SMILES string of the molecule is O=C(NCc1ccccc1)c1cccnc1.O=C(O)C(=O)O. The monoisotopic (exact) mass is 302 g/mol. The first-order valence-electron chi connectivity index (χ1n) is 6.19. The van der Waals surface area contributed by atoms with Gasteiger partial charge in [0, 0.05) is 18.9 Å². The van der Waals surface area contributed by atoms with Crippen molar-refractivity contribution < 1.29 is 24.6 Å². The zero-order chi connectivity index (χ0) is 16.4. The van der Waals surface area contributed by atoms with Crippen LogP contribution in [0.15, 0.2) is 54.9 Å². The summed E-state index contributed by atoms with van der Waals surface area (Å²) >= 11 is 0. The van der Waals surface area contributed by atoms with Crippen LogP contribution in [-0.4, -0.2) is 33.0 Å². The van der Waals surface area contributed by atoms with Crippen LogP contribution in [0.2, 0.25) is 0 Å². The molecule has 0 aliphatic rings. The Labute approximate surface area is 126 Å². The van der Waals surface area contributed by atoms with Crippen LogP contribution in [-0.2, 0) is 16.1 Å². The maximum absolute atomic E-state index is 11.7. The van der Waals surface area contributed by atoms with Crippen molar-refractivity contribution in [3.05, 3.63) is 66.0 Å². The van der Waals surface area contributed by atoms with E-state index in [1.165, 1.54) is 0 Å². The molecule has 7 heteroatoms. The lowest BCUT2D eigenvalue weighted by Crippen LogP contribution is -2.22. The van der Waals surface area contributed by atoms with Gasteiger partial charge in [-0.05, 0) is 17.7 Å². The highest BCUT2D eigenvalue weighted by Gasteiger charge is 2.04. The van der Waals surface area contributed by atoms with E-state index in [0.717, 1.165) is 5.56 Å². The van der Waals surface area contributed by atoms with E-state index >= 15 is 0 Å². The van der Waals surface area contributed by atoms with Gasteiger partial charge in [-0.3, -0.25) is 9.78 Å². The number of hydrogen-bond acceptors (Lipinski definition) is 4. The van der Waals surface area contributed by atoms with Crippen LogP contribution in [0.1, 0.15) is 15.9 Å². The summed E-state index contributed by atoms with van der Waals surface area (Å²) < 4.78 is 0. The van der Waals surface area contributed by atoms with Gasteiger partial charge in [0.05, 0.1) is 5.56 Å². The minimum atomic E-state index is -1.82. The molecule has 0 saturated heterocycles. The first kappa shape index (κ1) is 16.8. The van der Waals surface area contributed by atoms with Crippen molar-refractivity contribution in [3.8, 4) is 0 Å². The molecular weight excluding hydrogens is 288 g/mol. The molecule has 114 valence electrons. The zero-order valence-corrected chi connectivity index (χ0v) is 11.5. The molecule has 22 heavy (non-hydrogen) atoms. The standard InChI is InChI=1S/C13H12N2O.C2H2O4/c16-13(12-7-4-8-14-10-12)15-9-11-5-2-1-3-6-11;3-1(4)2(5)6/h1-8,10H,9H2,(H,15,16);(H,3,4)(H,5,6). The van der Waals surface area contributed by atoms with E-state index in [0.29, 0.717) is 12.1 Å². The normalized spacial score (nSPS) is 9.09. The molecule has 0 spiro atoms. The summed E-state index contributed by atoms with van der Waals surface area (Å²) in [5, 5.41) is 17.6. The molecule has 0 fully saturated rings. The summed E-state index contributed by atoms with van der Waals surface area (Å²) in [6.45, 7) is 0.536. The van der Waals surface area contributed by atoms with Crippen molar-refractivity contribution in [1.82, 2.24) is 10.3 Å². The highest BCUT2D eigenvalue weighted by molar-refractivity contribution is 6.27. The highest BCUT2D eigenvalue weighted by Crippen LogP contribution is 1.99. The van der Waals surface area contributed by atoms with Crippen molar-refractivity contribution in [2.75, 3.05) is 0 Å². The molecule has 2 rings (SSSR count). The third-order valence-corrected chi connectivity index (χ3v) is 2.40. The lowest BCUT2D eigenvalue weighted by molar-refractivity contribution is -0.159. The van der Waals surface area contributed by atoms with Crippen molar-refractivity contribution >= 4 is 17.8 Å².